The topological polar surface area (TPSA) is 50.8 Å². The van der Waals surface area contributed by atoms with Crippen LogP contribution in [-0.4, -0.2) is 32.7 Å². The zero-order valence-corrected chi connectivity index (χ0v) is 18.3. The number of nitrogens with one attached hydrogen (secondary N) is 1. The van der Waals surface area contributed by atoms with Crippen LogP contribution >= 0.6 is 0 Å². The summed E-state index contributed by atoms with van der Waals surface area (Å²) in [6.45, 7) is 3.39. The fourth-order valence-corrected chi connectivity index (χ4v) is 4.56. The summed E-state index contributed by atoms with van der Waals surface area (Å²) >= 11 is 0. The van der Waals surface area contributed by atoms with Gasteiger partial charge in [-0.1, -0.05) is 42.5 Å². The van der Waals surface area contributed by atoms with Crippen molar-refractivity contribution in [3.8, 4) is 22.6 Å². The Hall–Kier alpha value is -3.31. The van der Waals surface area contributed by atoms with E-state index < -0.39 is 0 Å². The maximum absolute atomic E-state index is 13.2. The zero-order valence-electron chi connectivity index (χ0n) is 18.3. The van der Waals surface area contributed by atoms with Gasteiger partial charge in [0.05, 0.1) is 20.3 Å². The average Bonchev–Trinajstić information content (AvgIpc) is 3.47. The standard InChI is InChI=1S/C27H28N2O3/c1-31-26-16-23(9-10-25(26)32-14-12-19-11-13-28-17-19)29-18-22-8-7-21(15-24(22)27(29)30)20-5-3-2-4-6-20/h2-10,15-16,19,28H,11-14,17-18H2,1H3. The predicted octanol–water partition coefficient (Wildman–Crippen LogP) is 4.90. The van der Waals surface area contributed by atoms with E-state index in [1.807, 2.05) is 42.5 Å². The number of anilines is 1. The molecule has 2 aliphatic rings. The molecule has 32 heavy (non-hydrogen) atoms. The number of amides is 1. The Morgan fingerprint density at radius 2 is 1.88 bits per heavy atom. The molecule has 1 unspecified atom stereocenters. The molecule has 0 saturated carbocycles. The normalized spacial score (nSPS) is 17.5. The molecule has 3 aromatic carbocycles. The highest BCUT2D eigenvalue weighted by atomic mass is 16.5. The molecule has 0 radical (unpaired) electrons. The van der Waals surface area contributed by atoms with Crippen LogP contribution in [0.25, 0.3) is 11.1 Å². The molecule has 0 aromatic heterocycles. The number of benzene rings is 3. The highest BCUT2D eigenvalue weighted by molar-refractivity contribution is 6.10. The van der Waals surface area contributed by atoms with Crippen LogP contribution in [0.5, 0.6) is 11.5 Å². The molecule has 1 atom stereocenters. The number of hydrogen-bond acceptors (Lipinski definition) is 4. The third kappa shape index (κ3) is 4.08. The van der Waals surface area contributed by atoms with Gasteiger partial charge in [0, 0.05) is 17.3 Å². The Kier molecular flexibility index (Phi) is 5.82. The van der Waals surface area contributed by atoms with Gasteiger partial charge in [0.1, 0.15) is 0 Å². The van der Waals surface area contributed by atoms with Crippen molar-refractivity contribution in [2.24, 2.45) is 5.92 Å². The highest BCUT2D eigenvalue weighted by Gasteiger charge is 2.29. The van der Waals surface area contributed by atoms with Crippen molar-refractivity contribution >= 4 is 11.6 Å². The molecular weight excluding hydrogens is 400 g/mol. The van der Waals surface area contributed by atoms with Gasteiger partial charge in [-0.2, -0.15) is 0 Å². The van der Waals surface area contributed by atoms with Gasteiger partial charge in [-0.15, -0.1) is 0 Å². The van der Waals surface area contributed by atoms with E-state index in [0.29, 0.717) is 24.8 Å². The average molecular weight is 429 g/mol. The molecule has 3 aromatic rings. The Morgan fingerprint density at radius 1 is 1.00 bits per heavy atom. The first-order valence-corrected chi connectivity index (χ1v) is 11.2. The van der Waals surface area contributed by atoms with E-state index in [2.05, 4.69) is 29.6 Å². The number of hydrogen-bond donors (Lipinski definition) is 1. The van der Waals surface area contributed by atoms with Gasteiger partial charge in [-0.25, -0.2) is 0 Å². The van der Waals surface area contributed by atoms with E-state index in [1.165, 1.54) is 6.42 Å². The van der Waals surface area contributed by atoms with Gasteiger partial charge < -0.3 is 19.7 Å². The van der Waals surface area contributed by atoms with E-state index >= 15 is 0 Å². The number of rotatable bonds is 7. The molecule has 5 rings (SSSR count). The van der Waals surface area contributed by atoms with E-state index in [0.717, 1.165) is 53.2 Å². The van der Waals surface area contributed by atoms with E-state index in [-0.39, 0.29) is 5.91 Å². The minimum Gasteiger partial charge on any atom is -0.493 e. The molecule has 2 aliphatic heterocycles. The molecule has 0 spiro atoms. The maximum atomic E-state index is 13.2. The number of methoxy groups -OCH3 is 1. The summed E-state index contributed by atoms with van der Waals surface area (Å²) < 4.78 is 11.6. The number of carbonyl (C=O) groups excluding carboxylic acids is 1. The van der Waals surface area contributed by atoms with Crippen LogP contribution in [0.4, 0.5) is 5.69 Å². The molecule has 1 N–H and O–H groups in total. The summed E-state index contributed by atoms with van der Waals surface area (Å²) in [5, 5.41) is 3.39. The maximum Gasteiger partial charge on any atom is 0.258 e. The van der Waals surface area contributed by atoms with Crippen LogP contribution in [0.2, 0.25) is 0 Å². The molecule has 1 fully saturated rings. The Balaban J connectivity index is 1.32. The summed E-state index contributed by atoms with van der Waals surface area (Å²) in [5.41, 5.74) is 4.78. The smallest absolute Gasteiger partial charge is 0.258 e. The number of fused-ring (bicyclic) bond motifs is 1. The van der Waals surface area contributed by atoms with Crippen molar-refractivity contribution in [3.63, 3.8) is 0 Å². The van der Waals surface area contributed by atoms with Crippen molar-refractivity contribution in [1.82, 2.24) is 5.32 Å². The van der Waals surface area contributed by atoms with Crippen molar-refractivity contribution in [1.29, 1.82) is 0 Å². The zero-order chi connectivity index (χ0) is 21.9. The molecule has 2 heterocycles. The minimum absolute atomic E-state index is 0.0160. The van der Waals surface area contributed by atoms with Crippen molar-refractivity contribution in [2.45, 2.75) is 19.4 Å². The second-order valence-electron chi connectivity index (χ2n) is 8.46. The molecule has 5 heteroatoms. The number of carbonyl (C=O) groups is 1. The SMILES string of the molecule is COc1cc(N2Cc3ccc(-c4ccccc4)cc3C2=O)ccc1OCCC1CCNC1. The Morgan fingerprint density at radius 3 is 2.66 bits per heavy atom. The van der Waals surface area contributed by atoms with Crippen LogP contribution in [0, 0.1) is 5.92 Å². The first-order valence-electron chi connectivity index (χ1n) is 11.2. The Bertz CT molecular complexity index is 1110. The second-order valence-corrected chi connectivity index (χ2v) is 8.46. The van der Waals surface area contributed by atoms with Crippen LogP contribution in [0.15, 0.2) is 66.7 Å². The summed E-state index contributed by atoms with van der Waals surface area (Å²) in [6, 6.07) is 22.0. The minimum atomic E-state index is 0.0160. The third-order valence-electron chi connectivity index (χ3n) is 6.43. The molecule has 5 nitrogen and oxygen atoms in total. The molecular formula is C27H28N2O3. The van der Waals surface area contributed by atoms with Crippen LogP contribution in [-0.2, 0) is 6.54 Å². The van der Waals surface area contributed by atoms with Crippen LogP contribution in [0.1, 0.15) is 28.8 Å². The molecule has 0 bridgehead atoms. The molecule has 164 valence electrons. The lowest BCUT2D eigenvalue weighted by atomic mass is 10.0. The first kappa shape index (κ1) is 20.6. The lowest BCUT2D eigenvalue weighted by Gasteiger charge is -2.19. The van der Waals surface area contributed by atoms with Crippen molar-refractivity contribution < 1.29 is 14.3 Å². The summed E-state index contributed by atoms with van der Waals surface area (Å²) in [5.74, 6) is 2.07. The molecule has 0 aliphatic carbocycles. The van der Waals surface area contributed by atoms with Crippen molar-refractivity contribution in [2.75, 3.05) is 31.7 Å². The fraction of sp³-hybridized carbons (Fsp3) is 0.296. The van der Waals surface area contributed by atoms with Crippen LogP contribution in [0.3, 0.4) is 0 Å². The predicted molar refractivity (Wildman–Crippen MR) is 126 cm³/mol. The monoisotopic (exact) mass is 428 g/mol. The van der Waals surface area contributed by atoms with Gasteiger partial charge in [0.25, 0.3) is 5.91 Å². The molecule has 1 saturated heterocycles. The van der Waals surface area contributed by atoms with E-state index in [4.69, 9.17) is 9.47 Å². The summed E-state index contributed by atoms with van der Waals surface area (Å²) in [6.07, 6.45) is 2.24. The summed E-state index contributed by atoms with van der Waals surface area (Å²) in [7, 11) is 1.64. The van der Waals surface area contributed by atoms with E-state index in [1.54, 1.807) is 12.0 Å². The molecule has 1 amide bonds. The summed E-state index contributed by atoms with van der Waals surface area (Å²) in [4.78, 5) is 15.0. The number of nitrogens with zero attached hydrogens (tertiary/aromatic N) is 1. The quantitative estimate of drug-likeness (QED) is 0.582. The second kappa shape index (κ2) is 9.05. The van der Waals surface area contributed by atoms with Gasteiger partial charge in [-0.3, -0.25) is 4.79 Å². The first-order chi connectivity index (χ1) is 15.7. The van der Waals surface area contributed by atoms with Crippen LogP contribution < -0.4 is 19.7 Å². The lowest BCUT2D eigenvalue weighted by molar-refractivity contribution is 0.0996. The van der Waals surface area contributed by atoms with Crippen molar-refractivity contribution in [3.05, 3.63) is 77.9 Å². The largest absolute Gasteiger partial charge is 0.493 e. The van der Waals surface area contributed by atoms with Gasteiger partial charge >= 0.3 is 0 Å². The third-order valence-corrected chi connectivity index (χ3v) is 6.43. The van der Waals surface area contributed by atoms with E-state index in [9.17, 15) is 4.79 Å². The lowest BCUT2D eigenvalue weighted by Crippen LogP contribution is -2.23. The van der Waals surface area contributed by atoms with Gasteiger partial charge in [0.15, 0.2) is 11.5 Å². The van der Waals surface area contributed by atoms with Gasteiger partial charge in [-0.05, 0) is 66.7 Å². The Labute approximate surface area is 189 Å². The van der Waals surface area contributed by atoms with Gasteiger partial charge in [0.2, 0.25) is 0 Å². The fourth-order valence-electron chi connectivity index (χ4n) is 4.56. The number of ether oxygens (including phenoxy) is 2. The highest BCUT2D eigenvalue weighted by Crippen LogP contribution is 2.36.